The van der Waals surface area contributed by atoms with Gasteiger partial charge in [-0.05, 0) is 36.1 Å². The number of hydrogen-bond donors (Lipinski definition) is 0. The van der Waals surface area contributed by atoms with E-state index in [9.17, 15) is 21.6 Å². The monoisotopic (exact) mass is 331 g/mol. The summed E-state index contributed by atoms with van der Waals surface area (Å²) in [5.74, 6) is -1.02. The van der Waals surface area contributed by atoms with Crippen molar-refractivity contribution in [3.8, 4) is 0 Å². The van der Waals surface area contributed by atoms with Crippen molar-refractivity contribution in [1.82, 2.24) is 0 Å². The molecule has 21 heavy (non-hydrogen) atoms. The molecular formula is C12H12FN2O4S2-. The zero-order chi connectivity index (χ0) is 15.7. The molecule has 0 bridgehead atoms. The van der Waals surface area contributed by atoms with Crippen LogP contribution in [0.2, 0.25) is 0 Å². The molecule has 1 aliphatic rings. The van der Waals surface area contributed by atoms with Crippen molar-refractivity contribution in [2.24, 2.45) is 0 Å². The summed E-state index contributed by atoms with van der Waals surface area (Å²) >= 11 is -2.80. The van der Waals surface area contributed by atoms with Crippen LogP contribution in [0.3, 0.4) is 0 Å². The maximum atomic E-state index is 13.7. The minimum absolute atomic E-state index is 0.0240. The summed E-state index contributed by atoms with van der Waals surface area (Å²) in [6, 6.07) is 4.56. The standard InChI is InChI=1S/C12H13FN2O4S2/c13-9-5-1-2-6-10(9)21(18,19)11(15-14)12(20(16)17)7-3-4-8-12/h1-2,5-6H,3-4,7-8H2,(H,16,17)/p-1. The quantitative estimate of drug-likeness (QED) is 0.274. The summed E-state index contributed by atoms with van der Waals surface area (Å²) in [4.78, 5) is 2.02. The first kappa shape index (κ1) is 16.0. The molecule has 2 rings (SSSR count). The normalized spacial score (nSPS) is 19.0. The molecule has 9 heteroatoms. The van der Waals surface area contributed by atoms with E-state index in [2.05, 4.69) is 4.79 Å². The van der Waals surface area contributed by atoms with Crippen LogP contribution in [0.15, 0.2) is 29.2 Å². The van der Waals surface area contributed by atoms with Gasteiger partial charge >= 0.3 is 5.04 Å². The van der Waals surface area contributed by atoms with Crippen molar-refractivity contribution >= 4 is 26.0 Å². The van der Waals surface area contributed by atoms with Crippen LogP contribution in [-0.2, 0) is 20.9 Å². The smallest absolute Gasteiger partial charge is 0.403 e. The third-order valence-electron chi connectivity index (χ3n) is 3.59. The number of nitrogens with zero attached hydrogens (tertiary/aromatic N) is 2. The van der Waals surface area contributed by atoms with Crippen LogP contribution in [0.1, 0.15) is 25.7 Å². The molecule has 1 atom stereocenters. The largest absolute Gasteiger partial charge is 0.771 e. The summed E-state index contributed by atoms with van der Waals surface area (Å²) < 4.78 is 60.0. The van der Waals surface area contributed by atoms with E-state index in [1.54, 1.807) is 0 Å². The lowest BCUT2D eigenvalue weighted by Gasteiger charge is -2.26. The summed E-state index contributed by atoms with van der Waals surface area (Å²) in [6.45, 7) is 0. The van der Waals surface area contributed by atoms with Gasteiger partial charge in [-0.2, -0.15) is 4.79 Å². The number of hydrogen-bond acceptors (Lipinski definition) is 4. The van der Waals surface area contributed by atoms with Crippen molar-refractivity contribution in [2.75, 3.05) is 0 Å². The third-order valence-corrected chi connectivity index (χ3v) is 6.85. The fourth-order valence-corrected chi connectivity index (χ4v) is 5.49. The van der Waals surface area contributed by atoms with Gasteiger partial charge in [-0.15, -0.1) is 0 Å². The van der Waals surface area contributed by atoms with Crippen LogP contribution in [0.5, 0.6) is 0 Å². The summed E-state index contributed by atoms with van der Waals surface area (Å²) in [5.41, 5.74) is 9.10. The molecule has 0 amide bonds. The molecule has 6 nitrogen and oxygen atoms in total. The lowest BCUT2D eigenvalue weighted by atomic mass is 10.1. The maximum Gasteiger partial charge on any atom is 0.403 e. The Labute approximate surface area is 123 Å². The molecule has 1 fully saturated rings. The van der Waals surface area contributed by atoms with Crippen LogP contribution in [-0.4, -0.2) is 31.8 Å². The van der Waals surface area contributed by atoms with E-state index in [1.165, 1.54) is 12.1 Å². The van der Waals surface area contributed by atoms with Crippen molar-refractivity contribution in [3.63, 3.8) is 0 Å². The van der Waals surface area contributed by atoms with Crippen LogP contribution in [0.4, 0.5) is 4.39 Å². The molecule has 1 unspecified atom stereocenters. The van der Waals surface area contributed by atoms with Gasteiger partial charge in [0, 0.05) is 0 Å². The second kappa shape index (κ2) is 5.76. The van der Waals surface area contributed by atoms with Crippen molar-refractivity contribution in [1.29, 1.82) is 0 Å². The summed E-state index contributed by atoms with van der Waals surface area (Å²) in [7, 11) is -4.54. The average molecular weight is 331 g/mol. The van der Waals surface area contributed by atoms with Crippen LogP contribution in [0.25, 0.3) is 5.53 Å². The van der Waals surface area contributed by atoms with Gasteiger partial charge in [0.15, 0.2) is 0 Å². The molecule has 0 N–H and O–H groups in total. The first-order valence-corrected chi connectivity index (χ1v) is 8.73. The van der Waals surface area contributed by atoms with E-state index in [-0.39, 0.29) is 12.8 Å². The highest BCUT2D eigenvalue weighted by molar-refractivity contribution is 8.08. The molecule has 0 spiro atoms. The second-order valence-electron chi connectivity index (χ2n) is 4.78. The summed E-state index contributed by atoms with van der Waals surface area (Å²) in [6.07, 6.45) is 1.02. The fraction of sp³-hybridized carbons (Fsp3) is 0.417. The van der Waals surface area contributed by atoms with Gasteiger partial charge in [-0.3, -0.25) is 4.21 Å². The summed E-state index contributed by atoms with van der Waals surface area (Å²) in [5, 5.41) is -0.911. The molecule has 1 saturated carbocycles. The highest BCUT2D eigenvalue weighted by Crippen LogP contribution is 2.38. The lowest BCUT2D eigenvalue weighted by molar-refractivity contribution is -0.00620. The molecule has 0 aliphatic heterocycles. The van der Waals surface area contributed by atoms with E-state index >= 15 is 0 Å². The van der Waals surface area contributed by atoms with Gasteiger partial charge in [0.1, 0.15) is 15.5 Å². The highest BCUT2D eigenvalue weighted by Gasteiger charge is 2.54. The SMILES string of the molecule is [N-]=[N+]=C(C1(S(=O)[O-])CCCC1)S(=O)(=O)c1ccccc1F. The van der Waals surface area contributed by atoms with Gasteiger partial charge < -0.3 is 10.1 Å². The third kappa shape index (κ3) is 2.57. The predicted octanol–water partition coefficient (Wildman–Crippen LogP) is 1.42. The van der Waals surface area contributed by atoms with E-state index < -0.39 is 41.4 Å². The number of sulfone groups is 1. The molecule has 0 aromatic heterocycles. The zero-order valence-corrected chi connectivity index (χ0v) is 12.5. The maximum absolute atomic E-state index is 13.7. The van der Waals surface area contributed by atoms with Crippen LogP contribution in [0, 0.1) is 5.82 Å². The topological polar surface area (TPSA) is 111 Å². The Bertz CT molecular complexity index is 735. The van der Waals surface area contributed by atoms with Crippen molar-refractivity contribution < 1.29 is 26.4 Å². The average Bonchev–Trinajstić information content (AvgIpc) is 2.90. The van der Waals surface area contributed by atoms with Gasteiger partial charge in [0.25, 0.3) is 9.84 Å². The predicted molar refractivity (Wildman–Crippen MR) is 72.3 cm³/mol. The van der Waals surface area contributed by atoms with E-state index in [0.29, 0.717) is 12.8 Å². The molecule has 1 aromatic rings. The number of halogens is 1. The van der Waals surface area contributed by atoms with Crippen molar-refractivity contribution in [3.05, 3.63) is 35.6 Å². The molecule has 1 aliphatic carbocycles. The molecule has 1 aromatic carbocycles. The molecule has 114 valence electrons. The van der Waals surface area contributed by atoms with Gasteiger partial charge in [-0.1, -0.05) is 25.0 Å². The molecule has 0 heterocycles. The first-order valence-electron chi connectivity index (χ1n) is 6.18. The zero-order valence-electron chi connectivity index (χ0n) is 10.9. The van der Waals surface area contributed by atoms with E-state index in [0.717, 1.165) is 12.1 Å². The second-order valence-corrected chi connectivity index (χ2v) is 7.86. The number of benzene rings is 1. The Hall–Kier alpha value is -1.41. The molecule has 0 radical (unpaired) electrons. The van der Waals surface area contributed by atoms with Crippen LogP contribution < -0.4 is 0 Å². The van der Waals surface area contributed by atoms with Gasteiger partial charge in [0.2, 0.25) is 0 Å². The number of rotatable bonds is 3. The van der Waals surface area contributed by atoms with Gasteiger partial charge in [0.05, 0.1) is 0 Å². The van der Waals surface area contributed by atoms with Gasteiger partial charge in [-0.25, -0.2) is 12.8 Å². The highest BCUT2D eigenvalue weighted by atomic mass is 32.2. The Balaban J connectivity index is 2.65. The van der Waals surface area contributed by atoms with E-state index in [4.69, 9.17) is 5.53 Å². The first-order chi connectivity index (χ1) is 9.86. The minimum atomic E-state index is -4.54. The Kier molecular flexibility index (Phi) is 4.38. The molecule has 0 saturated heterocycles. The minimum Gasteiger partial charge on any atom is -0.771 e. The Morgan fingerprint density at radius 2 is 1.90 bits per heavy atom. The fourth-order valence-electron chi connectivity index (χ4n) is 2.55. The Morgan fingerprint density at radius 3 is 2.38 bits per heavy atom. The molecular weight excluding hydrogens is 319 g/mol. The van der Waals surface area contributed by atoms with Crippen LogP contribution >= 0.6 is 0 Å². The Morgan fingerprint density at radius 1 is 1.33 bits per heavy atom. The lowest BCUT2D eigenvalue weighted by Crippen LogP contribution is -2.45. The van der Waals surface area contributed by atoms with Crippen molar-refractivity contribution in [2.45, 2.75) is 35.3 Å². The van der Waals surface area contributed by atoms with E-state index in [1.807, 2.05) is 0 Å².